The van der Waals surface area contributed by atoms with Gasteiger partial charge in [0.2, 0.25) is 5.91 Å². The highest BCUT2D eigenvalue weighted by Gasteiger charge is 2.19. The van der Waals surface area contributed by atoms with Gasteiger partial charge in [0.05, 0.1) is 19.0 Å². The second-order valence-electron chi connectivity index (χ2n) is 5.99. The second-order valence-corrected chi connectivity index (χ2v) is 5.99. The second kappa shape index (κ2) is 7.40. The van der Waals surface area contributed by atoms with Crippen LogP contribution in [0, 0.1) is 6.92 Å². The van der Waals surface area contributed by atoms with Gasteiger partial charge in [-0.25, -0.2) is 9.48 Å². The third-order valence-corrected chi connectivity index (χ3v) is 4.11. The van der Waals surface area contributed by atoms with Crippen LogP contribution in [0.3, 0.4) is 0 Å². The molecular weight excluding hydrogens is 352 g/mol. The van der Waals surface area contributed by atoms with E-state index in [1.165, 1.54) is 18.1 Å². The molecule has 0 aliphatic heterocycles. The molecule has 0 atom stereocenters. The summed E-state index contributed by atoms with van der Waals surface area (Å²) in [4.78, 5) is 37.9. The minimum atomic E-state index is -0.505. The van der Waals surface area contributed by atoms with Gasteiger partial charge in [-0.15, -0.1) is 5.10 Å². The maximum absolute atomic E-state index is 12.5. The quantitative estimate of drug-likeness (QED) is 0.620. The SMILES string of the molecule is COC(=O)c1cc(CN(C)C(=O)Cn2nnc3ccccc3c2=O)oc1C. The largest absolute Gasteiger partial charge is 0.465 e. The van der Waals surface area contributed by atoms with Crippen LogP contribution >= 0.6 is 0 Å². The van der Waals surface area contributed by atoms with Crippen LogP contribution < -0.4 is 5.56 Å². The molecule has 0 aliphatic rings. The Kier molecular flexibility index (Phi) is 5.02. The molecule has 0 radical (unpaired) electrons. The molecule has 0 saturated heterocycles. The molecule has 0 unspecified atom stereocenters. The summed E-state index contributed by atoms with van der Waals surface area (Å²) in [6.07, 6.45) is 0. The van der Waals surface area contributed by atoms with Crippen molar-refractivity contribution in [2.24, 2.45) is 0 Å². The molecule has 1 amide bonds. The minimum Gasteiger partial charge on any atom is -0.465 e. The third-order valence-electron chi connectivity index (χ3n) is 4.11. The number of carbonyl (C=O) groups excluding carboxylic acids is 2. The maximum atomic E-state index is 12.5. The molecule has 0 bridgehead atoms. The van der Waals surface area contributed by atoms with Crippen LogP contribution in [-0.2, 0) is 22.6 Å². The number of hydrogen-bond acceptors (Lipinski definition) is 7. The summed E-state index contributed by atoms with van der Waals surface area (Å²) in [6.45, 7) is 1.52. The molecule has 3 rings (SSSR count). The average molecular weight is 370 g/mol. The van der Waals surface area contributed by atoms with Gasteiger partial charge in [-0.3, -0.25) is 9.59 Å². The molecule has 0 fully saturated rings. The van der Waals surface area contributed by atoms with Crippen molar-refractivity contribution in [3.63, 3.8) is 0 Å². The fourth-order valence-electron chi connectivity index (χ4n) is 2.63. The number of aromatic nitrogens is 3. The van der Waals surface area contributed by atoms with Crippen LogP contribution in [-0.4, -0.2) is 45.9 Å². The number of benzene rings is 1. The number of esters is 1. The van der Waals surface area contributed by atoms with E-state index in [-0.39, 0.29) is 24.6 Å². The summed E-state index contributed by atoms with van der Waals surface area (Å²) in [6, 6.07) is 8.33. The van der Waals surface area contributed by atoms with Gasteiger partial charge < -0.3 is 14.1 Å². The maximum Gasteiger partial charge on any atom is 0.341 e. The molecule has 27 heavy (non-hydrogen) atoms. The Morgan fingerprint density at radius 1 is 1.30 bits per heavy atom. The zero-order valence-corrected chi connectivity index (χ0v) is 15.1. The number of hydrogen-bond donors (Lipinski definition) is 0. The first kappa shape index (κ1) is 18.3. The van der Waals surface area contributed by atoms with Crippen LogP contribution in [0.5, 0.6) is 0 Å². The Balaban J connectivity index is 1.74. The van der Waals surface area contributed by atoms with E-state index in [4.69, 9.17) is 4.42 Å². The lowest BCUT2D eigenvalue weighted by Gasteiger charge is -2.15. The zero-order chi connectivity index (χ0) is 19.6. The smallest absolute Gasteiger partial charge is 0.341 e. The number of aryl methyl sites for hydroxylation is 1. The zero-order valence-electron chi connectivity index (χ0n) is 15.1. The molecule has 9 nitrogen and oxygen atoms in total. The van der Waals surface area contributed by atoms with Crippen molar-refractivity contribution >= 4 is 22.8 Å². The van der Waals surface area contributed by atoms with Crippen LogP contribution in [0.1, 0.15) is 21.9 Å². The van der Waals surface area contributed by atoms with Crippen LogP contribution in [0.15, 0.2) is 39.5 Å². The lowest BCUT2D eigenvalue weighted by atomic mass is 10.2. The number of methoxy groups -OCH3 is 1. The first-order valence-corrected chi connectivity index (χ1v) is 8.15. The van der Waals surface area contributed by atoms with Gasteiger partial charge >= 0.3 is 5.97 Å². The Bertz CT molecular complexity index is 1070. The summed E-state index contributed by atoms with van der Waals surface area (Å²) in [7, 11) is 2.85. The number of furan rings is 1. The Morgan fingerprint density at radius 3 is 2.78 bits per heavy atom. The summed E-state index contributed by atoms with van der Waals surface area (Å²) < 4.78 is 11.2. The molecule has 2 aromatic heterocycles. The number of rotatable bonds is 5. The molecule has 9 heteroatoms. The fraction of sp³-hybridized carbons (Fsp3) is 0.278. The number of fused-ring (bicyclic) bond motifs is 1. The van der Waals surface area contributed by atoms with E-state index in [1.54, 1.807) is 38.2 Å². The van der Waals surface area contributed by atoms with E-state index in [2.05, 4.69) is 15.0 Å². The van der Waals surface area contributed by atoms with Crippen molar-refractivity contribution < 1.29 is 18.7 Å². The van der Waals surface area contributed by atoms with Crippen LogP contribution in [0.4, 0.5) is 0 Å². The normalized spacial score (nSPS) is 10.8. The lowest BCUT2D eigenvalue weighted by molar-refractivity contribution is -0.131. The summed E-state index contributed by atoms with van der Waals surface area (Å²) >= 11 is 0. The molecule has 0 saturated carbocycles. The predicted molar refractivity (Wildman–Crippen MR) is 95.1 cm³/mol. The highest BCUT2D eigenvalue weighted by atomic mass is 16.5. The standard InChI is InChI=1S/C18H18N4O5/c1-11-14(18(25)26-3)8-12(27-11)9-21(2)16(23)10-22-17(24)13-6-4-5-7-15(13)19-20-22/h4-8H,9-10H2,1-3H3. The fourth-order valence-corrected chi connectivity index (χ4v) is 2.63. The number of likely N-dealkylation sites (N-methyl/N-ethyl adjacent to an activating group) is 1. The molecule has 0 aliphatic carbocycles. The summed E-state index contributed by atoms with van der Waals surface area (Å²) in [5, 5.41) is 8.16. The first-order chi connectivity index (χ1) is 12.9. The molecule has 0 spiro atoms. The van der Waals surface area contributed by atoms with E-state index in [0.717, 1.165) is 4.68 Å². The van der Waals surface area contributed by atoms with E-state index in [1.807, 2.05) is 0 Å². The monoisotopic (exact) mass is 370 g/mol. The molecule has 0 N–H and O–H groups in total. The molecule has 2 heterocycles. The predicted octanol–water partition coefficient (Wildman–Crippen LogP) is 1.14. The minimum absolute atomic E-state index is 0.131. The first-order valence-electron chi connectivity index (χ1n) is 8.15. The molecule has 3 aromatic rings. The molecule has 1 aromatic carbocycles. The number of nitrogens with zero attached hydrogens (tertiary/aromatic N) is 4. The van der Waals surface area contributed by atoms with Crippen molar-refractivity contribution in [3.05, 3.63) is 57.8 Å². The molecular formula is C18H18N4O5. The van der Waals surface area contributed by atoms with E-state index in [9.17, 15) is 14.4 Å². The number of amides is 1. The van der Waals surface area contributed by atoms with Crippen molar-refractivity contribution in [2.45, 2.75) is 20.0 Å². The van der Waals surface area contributed by atoms with E-state index in [0.29, 0.717) is 28.0 Å². The average Bonchev–Trinajstić information content (AvgIpc) is 3.03. The van der Waals surface area contributed by atoms with Crippen molar-refractivity contribution in [1.29, 1.82) is 0 Å². The van der Waals surface area contributed by atoms with Crippen LogP contribution in [0.2, 0.25) is 0 Å². The summed E-state index contributed by atoms with van der Waals surface area (Å²) in [5.41, 5.74) is 0.398. The van der Waals surface area contributed by atoms with Crippen molar-refractivity contribution in [1.82, 2.24) is 19.9 Å². The topological polar surface area (TPSA) is 108 Å². The van der Waals surface area contributed by atoms with Crippen molar-refractivity contribution in [2.75, 3.05) is 14.2 Å². The van der Waals surface area contributed by atoms with Gasteiger partial charge in [-0.1, -0.05) is 17.3 Å². The Labute approximate surface area is 154 Å². The highest BCUT2D eigenvalue weighted by molar-refractivity contribution is 5.90. The Morgan fingerprint density at radius 2 is 2.04 bits per heavy atom. The number of carbonyl (C=O) groups is 2. The van der Waals surface area contributed by atoms with Crippen LogP contribution in [0.25, 0.3) is 10.9 Å². The lowest BCUT2D eigenvalue weighted by Crippen LogP contribution is -2.35. The van der Waals surface area contributed by atoms with Gasteiger partial charge in [0.15, 0.2) is 0 Å². The van der Waals surface area contributed by atoms with Gasteiger partial charge in [0, 0.05) is 7.05 Å². The van der Waals surface area contributed by atoms with E-state index < -0.39 is 5.97 Å². The third kappa shape index (κ3) is 3.71. The Hall–Kier alpha value is -3.49. The van der Waals surface area contributed by atoms with E-state index >= 15 is 0 Å². The highest BCUT2D eigenvalue weighted by Crippen LogP contribution is 2.17. The van der Waals surface area contributed by atoms with Gasteiger partial charge in [0.25, 0.3) is 5.56 Å². The van der Waals surface area contributed by atoms with Gasteiger partial charge in [-0.05, 0) is 25.1 Å². The summed E-state index contributed by atoms with van der Waals surface area (Å²) in [5.74, 6) is -0.0140. The number of ether oxygens (including phenoxy) is 1. The van der Waals surface area contributed by atoms with Gasteiger partial charge in [0.1, 0.15) is 29.1 Å². The molecule has 140 valence electrons. The van der Waals surface area contributed by atoms with Gasteiger partial charge in [-0.2, -0.15) is 0 Å². The van der Waals surface area contributed by atoms with Crippen molar-refractivity contribution in [3.8, 4) is 0 Å².